The summed E-state index contributed by atoms with van der Waals surface area (Å²) in [4.78, 5) is 0. The topological polar surface area (TPSA) is 26.0 Å². The molecule has 0 amide bonds. The fraction of sp³-hybridized carbons (Fsp3) is 0.0526. The SMILES string of the molecule is N[C@@H](c1ccc(Cl)cc1)c1cccc(-c2ccccc2)c1. The summed E-state index contributed by atoms with van der Waals surface area (Å²) in [5.41, 5.74) is 10.9. The summed E-state index contributed by atoms with van der Waals surface area (Å²) in [5.74, 6) is 0. The quantitative estimate of drug-likeness (QED) is 0.718. The van der Waals surface area contributed by atoms with Gasteiger partial charge in [0.2, 0.25) is 0 Å². The second kappa shape index (κ2) is 6.13. The number of nitrogens with two attached hydrogens (primary N) is 1. The van der Waals surface area contributed by atoms with Crippen molar-refractivity contribution in [3.05, 3.63) is 95.0 Å². The molecule has 104 valence electrons. The van der Waals surface area contributed by atoms with Crippen molar-refractivity contribution < 1.29 is 0 Å². The van der Waals surface area contributed by atoms with Crippen LogP contribution in [0, 0.1) is 0 Å². The molecule has 0 saturated carbocycles. The molecule has 0 bridgehead atoms. The van der Waals surface area contributed by atoms with Crippen molar-refractivity contribution in [3.8, 4) is 11.1 Å². The van der Waals surface area contributed by atoms with Crippen LogP contribution < -0.4 is 5.73 Å². The normalized spacial score (nSPS) is 12.1. The molecule has 0 unspecified atom stereocenters. The van der Waals surface area contributed by atoms with Crippen molar-refractivity contribution in [2.75, 3.05) is 0 Å². The summed E-state index contributed by atoms with van der Waals surface area (Å²) in [7, 11) is 0. The minimum atomic E-state index is -0.147. The van der Waals surface area contributed by atoms with Gasteiger partial charge in [-0.25, -0.2) is 0 Å². The van der Waals surface area contributed by atoms with E-state index in [0.717, 1.165) is 16.1 Å². The third-order valence-corrected chi connectivity index (χ3v) is 3.83. The maximum atomic E-state index is 6.37. The van der Waals surface area contributed by atoms with E-state index in [1.807, 2.05) is 48.5 Å². The van der Waals surface area contributed by atoms with E-state index >= 15 is 0 Å². The predicted molar refractivity (Wildman–Crippen MR) is 89.4 cm³/mol. The molecule has 21 heavy (non-hydrogen) atoms. The highest BCUT2D eigenvalue weighted by atomic mass is 35.5. The lowest BCUT2D eigenvalue weighted by atomic mass is 9.96. The number of hydrogen-bond donors (Lipinski definition) is 1. The summed E-state index contributed by atoms with van der Waals surface area (Å²) in [5, 5.41) is 0.726. The van der Waals surface area contributed by atoms with E-state index in [9.17, 15) is 0 Å². The van der Waals surface area contributed by atoms with Gasteiger partial charge < -0.3 is 5.73 Å². The van der Waals surface area contributed by atoms with E-state index in [-0.39, 0.29) is 6.04 Å². The highest BCUT2D eigenvalue weighted by Crippen LogP contribution is 2.26. The monoisotopic (exact) mass is 293 g/mol. The van der Waals surface area contributed by atoms with Crippen molar-refractivity contribution in [2.24, 2.45) is 5.73 Å². The molecule has 0 aliphatic carbocycles. The second-order valence-electron chi connectivity index (χ2n) is 5.02. The zero-order valence-electron chi connectivity index (χ0n) is 11.5. The lowest BCUT2D eigenvalue weighted by Crippen LogP contribution is -2.11. The Morgan fingerprint density at radius 3 is 2.05 bits per heavy atom. The maximum Gasteiger partial charge on any atom is 0.0551 e. The Balaban J connectivity index is 1.94. The largest absolute Gasteiger partial charge is 0.320 e. The molecule has 1 nitrogen and oxygen atoms in total. The highest BCUT2D eigenvalue weighted by molar-refractivity contribution is 6.30. The molecule has 0 aliphatic rings. The van der Waals surface area contributed by atoms with Crippen LogP contribution in [-0.2, 0) is 0 Å². The zero-order chi connectivity index (χ0) is 14.7. The lowest BCUT2D eigenvalue weighted by Gasteiger charge is -2.14. The molecule has 3 aromatic carbocycles. The van der Waals surface area contributed by atoms with Gasteiger partial charge in [0, 0.05) is 5.02 Å². The van der Waals surface area contributed by atoms with E-state index in [1.54, 1.807) is 0 Å². The number of hydrogen-bond acceptors (Lipinski definition) is 1. The van der Waals surface area contributed by atoms with E-state index < -0.39 is 0 Å². The number of rotatable bonds is 3. The standard InChI is InChI=1S/C19H16ClN/c20-18-11-9-15(10-12-18)19(21)17-8-4-7-16(13-17)14-5-2-1-3-6-14/h1-13,19H,21H2/t19-/m0/s1. The fourth-order valence-electron chi connectivity index (χ4n) is 2.40. The van der Waals surface area contributed by atoms with Crippen LogP contribution in [0.4, 0.5) is 0 Å². The van der Waals surface area contributed by atoms with Gasteiger partial charge in [-0.3, -0.25) is 0 Å². The first-order valence-electron chi connectivity index (χ1n) is 6.90. The van der Waals surface area contributed by atoms with E-state index in [2.05, 4.69) is 30.3 Å². The van der Waals surface area contributed by atoms with Crippen LogP contribution >= 0.6 is 11.6 Å². The van der Waals surface area contributed by atoms with Crippen LogP contribution in [0.25, 0.3) is 11.1 Å². The Morgan fingerprint density at radius 2 is 1.33 bits per heavy atom. The summed E-state index contributed by atoms with van der Waals surface area (Å²) in [6, 6.07) is 26.2. The smallest absolute Gasteiger partial charge is 0.0551 e. The van der Waals surface area contributed by atoms with E-state index in [0.29, 0.717) is 0 Å². The van der Waals surface area contributed by atoms with Gasteiger partial charge in [0.15, 0.2) is 0 Å². The van der Waals surface area contributed by atoms with Gasteiger partial charge in [-0.1, -0.05) is 72.3 Å². The highest BCUT2D eigenvalue weighted by Gasteiger charge is 2.09. The summed E-state index contributed by atoms with van der Waals surface area (Å²) in [6.07, 6.45) is 0. The third kappa shape index (κ3) is 3.15. The molecule has 0 aromatic heterocycles. The zero-order valence-corrected chi connectivity index (χ0v) is 12.3. The first kappa shape index (κ1) is 13.9. The molecular weight excluding hydrogens is 278 g/mol. The van der Waals surface area contributed by atoms with Crippen molar-refractivity contribution in [1.29, 1.82) is 0 Å². The number of halogens is 1. The van der Waals surface area contributed by atoms with Gasteiger partial charge >= 0.3 is 0 Å². The van der Waals surface area contributed by atoms with Crippen molar-refractivity contribution in [2.45, 2.75) is 6.04 Å². The van der Waals surface area contributed by atoms with Crippen LogP contribution in [0.1, 0.15) is 17.2 Å². The Morgan fingerprint density at radius 1 is 0.667 bits per heavy atom. The fourth-order valence-corrected chi connectivity index (χ4v) is 2.53. The first-order chi connectivity index (χ1) is 10.2. The van der Waals surface area contributed by atoms with Crippen LogP contribution in [0.2, 0.25) is 5.02 Å². The van der Waals surface area contributed by atoms with Crippen LogP contribution in [0.5, 0.6) is 0 Å². The van der Waals surface area contributed by atoms with Gasteiger partial charge in [0.25, 0.3) is 0 Å². The lowest BCUT2D eigenvalue weighted by molar-refractivity contribution is 0.872. The molecule has 2 heteroatoms. The van der Waals surface area contributed by atoms with Gasteiger partial charge in [-0.05, 0) is 40.5 Å². The van der Waals surface area contributed by atoms with E-state index in [4.69, 9.17) is 17.3 Å². The molecule has 1 atom stereocenters. The Bertz CT molecular complexity index is 720. The predicted octanol–water partition coefficient (Wildman–Crippen LogP) is 5.06. The molecule has 0 fully saturated rings. The molecule has 0 aliphatic heterocycles. The molecule has 0 spiro atoms. The van der Waals surface area contributed by atoms with Crippen LogP contribution in [-0.4, -0.2) is 0 Å². The first-order valence-corrected chi connectivity index (χ1v) is 7.28. The average molecular weight is 294 g/mol. The molecule has 0 radical (unpaired) electrons. The van der Waals surface area contributed by atoms with Gasteiger partial charge in [-0.2, -0.15) is 0 Å². The van der Waals surface area contributed by atoms with Crippen molar-refractivity contribution >= 4 is 11.6 Å². The van der Waals surface area contributed by atoms with Gasteiger partial charge in [-0.15, -0.1) is 0 Å². The van der Waals surface area contributed by atoms with Crippen LogP contribution in [0.15, 0.2) is 78.9 Å². The third-order valence-electron chi connectivity index (χ3n) is 3.58. The Hall–Kier alpha value is -2.09. The Labute approximate surface area is 130 Å². The second-order valence-corrected chi connectivity index (χ2v) is 5.46. The Kier molecular flexibility index (Phi) is 4.05. The van der Waals surface area contributed by atoms with Crippen molar-refractivity contribution in [3.63, 3.8) is 0 Å². The van der Waals surface area contributed by atoms with E-state index in [1.165, 1.54) is 11.1 Å². The molecular formula is C19H16ClN. The van der Waals surface area contributed by atoms with Crippen molar-refractivity contribution in [1.82, 2.24) is 0 Å². The molecule has 0 saturated heterocycles. The molecule has 2 N–H and O–H groups in total. The summed E-state index contributed by atoms with van der Waals surface area (Å²) in [6.45, 7) is 0. The summed E-state index contributed by atoms with van der Waals surface area (Å²) < 4.78 is 0. The van der Waals surface area contributed by atoms with Gasteiger partial charge in [0.05, 0.1) is 6.04 Å². The maximum absolute atomic E-state index is 6.37. The summed E-state index contributed by atoms with van der Waals surface area (Å²) >= 11 is 5.93. The minimum Gasteiger partial charge on any atom is -0.320 e. The molecule has 0 heterocycles. The van der Waals surface area contributed by atoms with Gasteiger partial charge in [0.1, 0.15) is 0 Å². The molecule has 3 aromatic rings. The molecule has 3 rings (SSSR count). The average Bonchev–Trinajstić information content (AvgIpc) is 2.56. The number of benzene rings is 3. The van der Waals surface area contributed by atoms with Crippen LogP contribution in [0.3, 0.4) is 0 Å². The minimum absolute atomic E-state index is 0.147.